The zero-order valence-electron chi connectivity index (χ0n) is 9.29. The molecule has 2 heteroatoms. The Morgan fingerprint density at radius 3 is 3.13 bits per heavy atom. The van der Waals surface area contributed by atoms with E-state index in [9.17, 15) is 4.79 Å². The predicted molar refractivity (Wildman–Crippen MR) is 55.4 cm³/mol. The quantitative estimate of drug-likeness (QED) is 0.608. The molecule has 2 aliphatic heterocycles. The molecular weight excluding hydrogens is 188 g/mol. The summed E-state index contributed by atoms with van der Waals surface area (Å²) in [5, 5.41) is 0. The van der Waals surface area contributed by atoms with Gasteiger partial charge >= 0.3 is 0 Å². The summed E-state index contributed by atoms with van der Waals surface area (Å²) in [7, 11) is 0. The molecular formula is C13H18O2. The van der Waals surface area contributed by atoms with E-state index in [1.807, 2.05) is 0 Å². The molecule has 2 nitrogen and oxygen atoms in total. The van der Waals surface area contributed by atoms with E-state index in [1.165, 1.54) is 19.3 Å². The van der Waals surface area contributed by atoms with E-state index < -0.39 is 0 Å². The highest BCUT2D eigenvalue weighted by Gasteiger charge is 2.68. The van der Waals surface area contributed by atoms with Crippen molar-refractivity contribution >= 4 is 5.78 Å². The molecule has 0 amide bonds. The van der Waals surface area contributed by atoms with Gasteiger partial charge in [-0.05, 0) is 49.9 Å². The minimum Gasteiger partial charge on any atom is -0.371 e. The van der Waals surface area contributed by atoms with E-state index >= 15 is 0 Å². The molecule has 0 aromatic heterocycles. The summed E-state index contributed by atoms with van der Waals surface area (Å²) in [6.45, 7) is 2.30. The van der Waals surface area contributed by atoms with Crippen LogP contribution in [0, 0.1) is 17.3 Å². The standard InChI is InChI=1S/C13H18O2/c1-12-7-13-3-2-9(14)5-10(13)11(15-12)4-8(12)6-13/h8,10-11H,2-7H2,1H3/t8?,10?,11-,12-,13-/m0/s1. The molecule has 82 valence electrons. The van der Waals surface area contributed by atoms with Crippen LogP contribution >= 0.6 is 0 Å². The van der Waals surface area contributed by atoms with Crippen molar-refractivity contribution in [2.75, 3.05) is 0 Å². The molecule has 2 heterocycles. The van der Waals surface area contributed by atoms with Gasteiger partial charge in [0.2, 0.25) is 0 Å². The van der Waals surface area contributed by atoms with E-state index in [1.54, 1.807) is 0 Å². The first-order valence-electron chi connectivity index (χ1n) is 6.31. The number of Topliss-reactive ketones (excluding diaryl/α,β-unsaturated/α-hetero) is 1. The van der Waals surface area contributed by atoms with Crippen molar-refractivity contribution in [3.05, 3.63) is 0 Å². The van der Waals surface area contributed by atoms with Crippen molar-refractivity contribution in [3.63, 3.8) is 0 Å². The molecule has 5 aliphatic rings. The summed E-state index contributed by atoms with van der Waals surface area (Å²) in [5.41, 5.74) is 0.691. The fraction of sp³-hybridized carbons (Fsp3) is 0.923. The molecule has 0 aromatic rings. The molecule has 0 N–H and O–H groups in total. The van der Waals surface area contributed by atoms with Gasteiger partial charge in [-0.25, -0.2) is 0 Å². The average molecular weight is 206 g/mol. The molecule has 1 spiro atoms. The van der Waals surface area contributed by atoms with Gasteiger partial charge in [0, 0.05) is 12.8 Å². The molecule has 2 unspecified atom stereocenters. The van der Waals surface area contributed by atoms with Gasteiger partial charge in [0.05, 0.1) is 11.7 Å². The van der Waals surface area contributed by atoms with Crippen LogP contribution < -0.4 is 0 Å². The SMILES string of the molecule is C[C@]12C[C@@]34CCC(=O)CC3[C@H](CC1C4)O2. The smallest absolute Gasteiger partial charge is 0.133 e. The predicted octanol–water partition coefficient (Wildman–Crippen LogP) is 2.31. The van der Waals surface area contributed by atoms with Gasteiger partial charge in [-0.2, -0.15) is 0 Å². The number of carbonyl (C=O) groups is 1. The first-order valence-corrected chi connectivity index (χ1v) is 6.31. The Morgan fingerprint density at radius 2 is 2.33 bits per heavy atom. The van der Waals surface area contributed by atoms with Crippen molar-refractivity contribution in [1.82, 2.24) is 0 Å². The fourth-order valence-electron chi connectivity index (χ4n) is 5.15. The number of carbonyl (C=O) groups excluding carboxylic acids is 1. The Labute approximate surface area is 90.4 Å². The second-order valence-corrected chi connectivity index (χ2v) is 6.49. The lowest BCUT2D eigenvalue weighted by molar-refractivity contribution is -0.156. The van der Waals surface area contributed by atoms with Crippen molar-refractivity contribution in [2.45, 2.75) is 57.2 Å². The Morgan fingerprint density at radius 1 is 1.47 bits per heavy atom. The lowest BCUT2D eigenvalue weighted by Crippen LogP contribution is -2.48. The van der Waals surface area contributed by atoms with Gasteiger partial charge < -0.3 is 4.74 Å². The molecule has 2 saturated heterocycles. The lowest BCUT2D eigenvalue weighted by Gasteiger charge is -2.49. The third-order valence-electron chi connectivity index (χ3n) is 5.74. The van der Waals surface area contributed by atoms with Crippen LogP contribution in [-0.2, 0) is 9.53 Å². The third kappa shape index (κ3) is 0.885. The molecule has 15 heavy (non-hydrogen) atoms. The minimum absolute atomic E-state index is 0.182. The van der Waals surface area contributed by atoms with E-state index in [2.05, 4.69) is 6.92 Å². The fourth-order valence-corrected chi connectivity index (χ4v) is 5.15. The maximum absolute atomic E-state index is 11.6. The molecule has 0 radical (unpaired) electrons. The second kappa shape index (κ2) is 2.32. The van der Waals surface area contributed by atoms with E-state index in [0.29, 0.717) is 23.2 Å². The van der Waals surface area contributed by atoms with Crippen LogP contribution in [0.15, 0.2) is 0 Å². The molecule has 5 rings (SSSR count). The van der Waals surface area contributed by atoms with Gasteiger partial charge in [0.1, 0.15) is 5.78 Å². The normalized spacial score (nSPS) is 61.1. The number of ether oxygens (including phenoxy) is 1. The first kappa shape index (κ1) is 8.74. The zero-order valence-corrected chi connectivity index (χ0v) is 9.29. The lowest BCUT2D eigenvalue weighted by atomic mass is 9.59. The number of ketones is 1. The van der Waals surface area contributed by atoms with E-state index in [-0.39, 0.29) is 5.60 Å². The van der Waals surface area contributed by atoms with Crippen LogP contribution in [0.25, 0.3) is 0 Å². The van der Waals surface area contributed by atoms with E-state index in [4.69, 9.17) is 4.74 Å². The molecule has 0 aromatic carbocycles. The molecule has 3 saturated carbocycles. The summed E-state index contributed by atoms with van der Waals surface area (Å²) < 4.78 is 6.20. The average Bonchev–Trinajstić information content (AvgIpc) is 2.54. The summed E-state index contributed by atoms with van der Waals surface area (Å²) in [6.07, 6.45) is 7.04. The van der Waals surface area contributed by atoms with Gasteiger partial charge in [-0.3, -0.25) is 4.79 Å². The largest absolute Gasteiger partial charge is 0.371 e. The number of hydrogen-bond acceptors (Lipinski definition) is 2. The Bertz CT molecular complexity index is 350. The van der Waals surface area contributed by atoms with Gasteiger partial charge in [0.15, 0.2) is 0 Å². The Balaban J connectivity index is 1.78. The first-order chi connectivity index (χ1) is 7.11. The van der Waals surface area contributed by atoms with Crippen LogP contribution in [0.2, 0.25) is 0 Å². The van der Waals surface area contributed by atoms with Gasteiger partial charge in [-0.15, -0.1) is 0 Å². The van der Waals surface area contributed by atoms with Crippen LogP contribution in [0.4, 0.5) is 0 Å². The monoisotopic (exact) mass is 206 g/mol. The molecule has 4 bridgehead atoms. The highest BCUT2D eigenvalue weighted by atomic mass is 16.5. The molecule has 5 fully saturated rings. The summed E-state index contributed by atoms with van der Waals surface area (Å²) in [6, 6.07) is 0. The minimum atomic E-state index is 0.182. The number of rotatable bonds is 0. The highest BCUT2D eigenvalue weighted by Crippen LogP contribution is 2.69. The Hall–Kier alpha value is -0.370. The second-order valence-electron chi connectivity index (χ2n) is 6.49. The number of hydrogen-bond donors (Lipinski definition) is 0. The maximum atomic E-state index is 11.6. The molecule has 3 aliphatic carbocycles. The van der Waals surface area contributed by atoms with Crippen LogP contribution in [0.5, 0.6) is 0 Å². The topological polar surface area (TPSA) is 26.3 Å². The maximum Gasteiger partial charge on any atom is 0.133 e. The van der Waals surface area contributed by atoms with Crippen LogP contribution in [0.1, 0.15) is 45.4 Å². The molecule has 5 atom stereocenters. The summed E-state index contributed by atoms with van der Waals surface area (Å²) >= 11 is 0. The van der Waals surface area contributed by atoms with Crippen molar-refractivity contribution in [3.8, 4) is 0 Å². The van der Waals surface area contributed by atoms with Crippen LogP contribution in [0.3, 0.4) is 0 Å². The van der Waals surface area contributed by atoms with Crippen molar-refractivity contribution in [2.24, 2.45) is 17.3 Å². The highest BCUT2D eigenvalue weighted by molar-refractivity contribution is 5.80. The third-order valence-corrected chi connectivity index (χ3v) is 5.74. The van der Waals surface area contributed by atoms with Crippen LogP contribution in [-0.4, -0.2) is 17.5 Å². The summed E-state index contributed by atoms with van der Waals surface area (Å²) in [4.78, 5) is 11.6. The summed E-state index contributed by atoms with van der Waals surface area (Å²) in [5.74, 6) is 1.85. The van der Waals surface area contributed by atoms with E-state index in [0.717, 1.165) is 25.2 Å². The van der Waals surface area contributed by atoms with Crippen molar-refractivity contribution < 1.29 is 9.53 Å². The Kier molecular flexibility index (Phi) is 1.35. The van der Waals surface area contributed by atoms with Crippen molar-refractivity contribution in [1.29, 1.82) is 0 Å². The van der Waals surface area contributed by atoms with Gasteiger partial charge in [-0.1, -0.05) is 0 Å². The van der Waals surface area contributed by atoms with Gasteiger partial charge in [0.25, 0.3) is 0 Å². The zero-order chi connectivity index (χ0) is 10.3.